The van der Waals surface area contributed by atoms with Crippen molar-refractivity contribution >= 4 is 0 Å². The lowest BCUT2D eigenvalue weighted by Crippen LogP contribution is -2.50. The molecule has 0 aliphatic heterocycles. The van der Waals surface area contributed by atoms with Crippen LogP contribution in [0, 0.1) is 40.4 Å². The minimum atomic E-state index is 0.563. The molecule has 0 N–H and O–H groups in total. The molecule has 134 valence electrons. The van der Waals surface area contributed by atoms with E-state index >= 15 is 0 Å². The molecule has 0 aromatic heterocycles. The second-order valence-corrected chi connectivity index (χ2v) is 10.2. The maximum Gasteiger partial charge on any atom is -0.00853 e. The molecule has 4 rings (SSSR count). The SMILES string of the molecule is C=CCC(C)C1CCC2C3CCC4=CCCCC4(C)C3CCC12C. The van der Waals surface area contributed by atoms with E-state index in [1.807, 2.05) is 5.57 Å². The van der Waals surface area contributed by atoms with Gasteiger partial charge in [-0.1, -0.05) is 38.5 Å². The van der Waals surface area contributed by atoms with Crippen molar-refractivity contribution in [1.29, 1.82) is 0 Å². The third-order valence-corrected chi connectivity index (χ3v) is 9.33. The van der Waals surface area contributed by atoms with Gasteiger partial charge in [-0.25, -0.2) is 0 Å². The quantitative estimate of drug-likeness (QED) is 0.482. The van der Waals surface area contributed by atoms with Crippen LogP contribution in [0.2, 0.25) is 0 Å². The van der Waals surface area contributed by atoms with Crippen LogP contribution in [0.15, 0.2) is 24.3 Å². The second kappa shape index (κ2) is 6.03. The minimum Gasteiger partial charge on any atom is -0.103 e. The summed E-state index contributed by atoms with van der Waals surface area (Å²) in [5.74, 6) is 4.79. The maximum absolute atomic E-state index is 4.01. The Bertz CT molecular complexity index is 528. The van der Waals surface area contributed by atoms with Crippen molar-refractivity contribution in [2.75, 3.05) is 0 Å². The summed E-state index contributed by atoms with van der Waals surface area (Å²) >= 11 is 0. The van der Waals surface area contributed by atoms with Gasteiger partial charge in [0.2, 0.25) is 0 Å². The first-order chi connectivity index (χ1) is 11.5. The number of hydrogen-bond donors (Lipinski definition) is 0. The van der Waals surface area contributed by atoms with E-state index in [1.54, 1.807) is 0 Å². The zero-order valence-corrected chi connectivity index (χ0v) is 16.3. The Morgan fingerprint density at radius 3 is 2.79 bits per heavy atom. The Morgan fingerprint density at radius 1 is 1.17 bits per heavy atom. The molecule has 0 heterocycles. The van der Waals surface area contributed by atoms with Gasteiger partial charge >= 0.3 is 0 Å². The molecule has 4 aliphatic carbocycles. The Balaban J connectivity index is 1.61. The van der Waals surface area contributed by atoms with Gasteiger partial charge in [-0.3, -0.25) is 0 Å². The molecule has 0 aromatic rings. The predicted octanol–water partition coefficient (Wildman–Crippen LogP) is 7.17. The van der Waals surface area contributed by atoms with Crippen LogP contribution in [0.4, 0.5) is 0 Å². The van der Waals surface area contributed by atoms with E-state index in [4.69, 9.17) is 0 Å². The van der Waals surface area contributed by atoms with Gasteiger partial charge < -0.3 is 0 Å². The first-order valence-corrected chi connectivity index (χ1v) is 10.8. The molecule has 4 aliphatic rings. The highest BCUT2D eigenvalue weighted by Gasteiger charge is 2.58. The van der Waals surface area contributed by atoms with Crippen LogP contribution in [0.3, 0.4) is 0 Å². The van der Waals surface area contributed by atoms with E-state index in [0.29, 0.717) is 10.8 Å². The highest BCUT2D eigenvalue weighted by Crippen LogP contribution is 2.67. The topological polar surface area (TPSA) is 0 Å². The fraction of sp³-hybridized carbons (Fsp3) is 0.833. The molecule has 0 aromatic carbocycles. The lowest BCUT2D eigenvalue weighted by Gasteiger charge is -2.58. The summed E-state index contributed by atoms with van der Waals surface area (Å²) in [6, 6.07) is 0. The number of fused-ring (bicyclic) bond motifs is 5. The monoisotopic (exact) mass is 326 g/mol. The first kappa shape index (κ1) is 16.9. The highest BCUT2D eigenvalue weighted by molar-refractivity contribution is 5.23. The normalized spacial score (nSPS) is 48.7. The number of rotatable bonds is 3. The summed E-state index contributed by atoms with van der Waals surface area (Å²) in [5.41, 5.74) is 3.04. The molecular weight excluding hydrogens is 288 g/mol. The standard InChI is InChI=1S/C24H38/c1-5-8-17(2)20-12-13-21-19-11-10-18-9-6-7-15-23(18,3)22(19)14-16-24(20,21)4/h5,9,17,19-22H,1,6-8,10-16H2,2-4H3. The molecule has 7 atom stereocenters. The second-order valence-electron chi connectivity index (χ2n) is 10.2. The largest absolute Gasteiger partial charge is 0.103 e. The third kappa shape index (κ3) is 2.31. The zero-order chi connectivity index (χ0) is 16.9. The Labute approximate surface area is 150 Å². The summed E-state index contributed by atoms with van der Waals surface area (Å²) in [6.07, 6.45) is 19.2. The van der Waals surface area contributed by atoms with Crippen LogP contribution in [-0.2, 0) is 0 Å². The van der Waals surface area contributed by atoms with E-state index in [-0.39, 0.29) is 0 Å². The summed E-state index contributed by atoms with van der Waals surface area (Å²) < 4.78 is 0. The van der Waals surface area contributed by atoms with Crippen LogP contribution >= 0.6 is 0 Å². The van der Waals surface area contributed by atoms with Crippen LogP contribution in [0.1, 0.15) is 85.0 Å². The summed E-state index contributed by atoms with van der Waals surface area (Å²) in [4.78, 5) is 0. The average Bonchev–Trinajstić information content (AvgIpc) is 2.92. The smallest absolute Gasteiger partial charge is 0.00853 e. The molecule has 0 saturated heterocycles. The van der Waals surface area contributed by atoms with E-state index in [0.717, 1.165) is 29.6 Å². The summed E-state index contributed by atoms with van der Waals surface area (Å²) in [5, 5.41) is 0. The Morgan fingerprint density at radius 2 is 2.00 bits per heavy atom. The van der Waals surface area contributed by atoms with Gasteiger partial charge in [-0.2, -0.15) is 0 Å². The molecule has 7 unspecified atom stereocenters. The van der Waals surface area contributed by atoms with Crippen LogP contribution in [-0.4, -0.2) is 0 Å². The highest BCUT2D eigenvalue weighted by atomic mass is 14.6. The van der Waals surface area contributed by atoms with Gasteiger partial charge in [0.15, 0.2) is 0 Å². The minimum absolute atomic E-state index is 0.563. The van der Waals surface area contributed by atoms with Gasteiger partial charge in [-0.15, -0.1) is 6.58 Å². The van der Waals surface area contributed by atoms with Crippen LogP contribution in [0.25, 0.3) is 0 Å². The van der Waals surface area contributed by atoms with Crippen molar-refractivity contribution in [3.63, 3.8) is 0 Å². The van der Waals surface area contributed by atoms with Crippen molar-refractivity contribution in [3.05, 3.63) is 24.3 Å². The molecule has 0 nitrogen and oxygen atoms in total. The van der Waals surface area contributed by atoms with Crippen LogP contribution < -0.4 is 0 Å². The fourth-order valence-corrected chi connectivity index (χ4v) is 8.16. The summed E-state index contributed by atoms with van der Waals surface area (Å²) in [6.45, 7) is 11.8. The molecule has 0 bridgehead atoms. The fourth-order valence-electron chi connectivity index (χ4n) is 8.16. The maximum atomic E-state index is 4.01. The Hall–Kier alpha value is -0.520. The third-order valence-electron chi connectivity index (χ3n) is 9.33. The van der Waals surface area contributed by atoms with Gasteiger partial charge in [0.25, 0.3) is 0 Å². The number of hydrogen-bond acceptors (Lipinski definition) is 0. The van der Waals surface area contributed by atoms with Gasteiger partial charge in [0, 0.05) is 0 Å². The molecular formula is C24H38. The van der Waals surface area contributed by atoms with Crippen molar-refractivity contribution < 1.29 is 0 Å². The summed E-state index contributed by atoms with van der Waals surface area (Å²) in [7, 11) is 0. The Kier molecular flexibility index (Phi) is 4.25. The molecule has 0 heteroatoms. The molecule has 3 fully saturated rings. The lowest BCUT2D eigenvalue weighted by molar-refractivity contribution is -0.0583. The number of allylic oxidation sites excluding steroid dienone is 3. The van der Waals surface area contributed by atoms with Gasteiger partial charge in [0.1, 0.15) is 0 Å². The van der Waals surface area contributed by atoms with E-state index in [1.165, 1.54) is 64.2 Å². The van der Waals surface area contributed by atoms with E-state index in [9.17, 15) is 0 Å². The lowest BCUT2D eigenvalue weighted by atomic mass is 9.46. The molecule has 3 saturated carbocycles. The zero-order valence-electron chi connectivity index (χ0n) is 16.3. The van der Waals surface area contributed by atoms with E-state index in [2.05, 4.69) is 39.5 Å². The van der Waals surface area contributed by atoms with E-state index < -0.39 is 0 Å². The first-order valence-electron chi connectivity index (χ1n) is 10.8. The van der Waals surface area contributed by atoms with Crippen molar-refractivity contribution in [3.8, 4) is 0 Å². The molecule has 24 heavy (non-hydrogen) atoms. The van der Waals surface area contributed by atoms with Crippen molar-refractivity contribution in [2.45, 2.75) is 85.0 Å². The van der Waals surface area contributed by atoms with Crippen molar-refractivity contribution in [1.82, 2.24) is 0 Å². The van der Waals surface area contributed by atoms with Crippen molar-refractivity contribution in [2.24, 2.45) is 40.4 Å². The predicted molar refractivity (Wildman–Crippen MR) is 104 cm³/mol. The van der Waals surface area contributed by atoms with Gasteiger partial charge in [-0.05, 0) is 105 Å². The van der Waals surface area contributed by atoms with Gasteiger partial charge in [0.05, 0.1) is 0 Å². The van der Waals surface area contributed by atoms with Crippen LogP contribution in [0.5, 0.6) is 0 Å². The molecule has 0 radical (unpaired) electrons. The average molecular weight is 327 g/mol. The molecule has 0 amide bonds. The molecule has 0 spiro atoms.